The predicted octanol–water partition coefficient (Wildman–Crippen LogP) is 4.02. The fourth-order valence-corrected chi connectivity index (χ4v) is 2.46. The van der Waals surface area contributed by atoms with Crippen molar-refractivity contribution >= 4 is 5.97 Å². The number of carbonyl (C=O) groups excluding carboxylic acids is 1. The molecule has 0 amide bonds. The lowest BCUT2D eigenvalue weighted by Gasteiger charge is -2.19. The lowest BCUT2D eigenvalue weighted by molar-refractivity contribution is -0.143. The summed E-state index contributed by atoms with van der Waals surface area (Å²) in [5.74, 6) is 0.314. The molecule has 0 aliphatic rings. The number of aromatic hydroxyl groups is 1. The molecule has 1 rings (SSSR count). The van der Waals surface area contributed by atoms with Gasteiger partial charge < -0.3 is 14.6 Å². The van der Waals surface area contributed by atoms with Crippen molar-refractivity contribution in [3.8, 4) is 11.5 Å². The molecule has 1 atom stereocenters. The van der Waals surface area contributed by atoms with Crippen LogP contribution in [0, 0.1) is 0 Å². The second-order valence-corrected chi connectivity index (χ2v) is 5.10. The third-order valence-corrected chi connectivity index (χ3v) is 3.56. The number of benzene rings is 1. The van der Waals surface area contributed by atoms with Gasteiger partial charge in [0, 0.05) is 5.56 Å². The molecule has 1 unspecified atom stereocenters. The van der Waals surface area contributed by atoms with Gasteiger partial charge in [-0.25, -0.2) is 0 Å². The van der Waals surface area contributed by atoms with Crippen LogP contribution in [-0.2, 0) is 9.53 Å². The second-order valence-electron chi connectivity index (χ2n) is 5.10. The maximum atomic E-state index is 11.8. The number of phenols is 1. The number of methoxy groups -OCH3 is 1. The molecule has 0 spiro atoms. The van der Waals surface area contributed by atoms with E-state index in [2.05, 4.69) is 6.92 Å². The number of phenolic OH excluding ortho intramolecular Hbond substituents is 1. The summed E-state index contributed by atoms with van der Waals surface area (Å²) < 4.78 is 10.2. The molecule has 4 heteroatoms. The zero-order chi connectivity index (χ0) is 15.7. The lowest BCUT2D eigenvalue weighted by Crippen LogP contribution is -2.11. The Hall–Kier alpha value is -1.71. The first-order chi connectivity index (χ1) is 10.1. The van der Waals surface area contributed by atoms with Crippen molar-refractivity contribution in [3.05, 3.63) is 23.8 Å². The summed E-state index contributed by atoms with van der Waals surface area (Å²) in [6.45, 7) is 4.32. The van der Waals surface area contributed by atoms with Gasteiger partial charge in [-0.15, -0.1) is 0 Å². The Labute approximate surface area is 127 Å². The van der Waals surface area contributed by atoms with E-state index in [0.717, 1.165) is 31.2 Å². The first kappa shape index (κ1) is 17.3. The highest BCUT2D eigenvalue weighted by molar-refractivity contribution is 5.71. The van der Waals surface area contributed by atoms with Crippen molar-refractivity contribution in [1.29, 1.82) is 0 Å². The van der Waals surface area contributed by atoms with E-state index in [1.54, 1.807) is 13.0 Å². The van der Waals surface area contributed by atoms with Crippen LogP contribution in [-0.4, -0.2) is 24.8 Å². The maximum Gasteiger partial charge on any atom is 0.306 e. The van der Waals surface area contributed by atoms with Gasteiger partial charge in [-0.05, 0) is 25.3 Å². The van der Waals surface area contributed by atoms with E-state index in [4.69, 9.17) is 9.47 Å². The number of rotatable bonds is 9. The Bertz CT molecular complexity index is 442. The van der Waals surface area contributed by atoms with Crippen molar-refractivity contribution in [3.63, 3.8) is 0 Å². The topological polar surface area (TPSA) is 55.8 Å². The minimum atomic E-state index is -0.221. The van der Waals surface area contributed by atoms with Crippen LogP contribution in [0.25, 0.3) is 0 Å². The molecule has 0 radical (unpaired) electrons. The molecule has 1 aromatic carbocycles. The van der Waals surface area contributed by atoms with Crippen LogP contribution in [0.5, 0.6) is 11.5 Å². The van der Waals surface area contributed by atoms with Crippen LogP contribution in [0.1, 0.15) is 57.4 Å². The molecule has 21 heavy (non-hydrogen) atoms. The molecule has 0 bridgehead atoms. The van der Waals surface area contributed by atoms with Gasteiger partial charge in [0.05, 0.1) is 20.1 Å². The van der Waals surface area contributed by atoms with Gasteiger partial charge in [-0.3, -0.25) is 4.79 Å². The minimum absolute atomic E-state index is 0.0364. The number of esters is 1. The molecule has 118 valence electrons. The van der Waals surface area contributed by atoms with Crippen LogP contribution < -0.4 is 4.74 Å². The third-order valence-electron chi connectivity index (χ3n) is 3.56. The Morgan fingerprint density at radius 1 is 1.29 bits per heavy atom. The molecule has 0 fully saturated rings. The molecule has 0 saturated heterocycles. The Kier molecular flexibility index (Phi) is 7.65. The van der Waals surface area contributed by atoms with Crippen LogP contribution in [0.15, 0.2) is 18.2 Å². The standard InChI is InChI=1S/C17H26O4/c1-4-6-7-9-13(12-16(18)21-5-2)14-10-8-11-15(20-3)17(14)19/h8,10-11,13,19H,4-7,9,12H2,1-3H3. The number of ether oxygens (including phenoxy) is 2. The Morgan fingerprint density at radius 3 is 2.67 bits per heavy atom. The largest absolute Gasteiger partial charge is 0.504 e. The van der Waals surface area contributed by atoms with Gasteiger partial charge in [0.15, 0.2) is 11.5 Å². The van der Waals surface area contributed by atoms with Gasteiger partial charge in [0.25, 0.3) is 0 Å². The molecule has 0 aliphatic heterocycles. The number of carbonyl (C=O) groups is 1. The van der Waals surface area contributed by atoms with Crippen LogP contribution in [0.4, 0.5) is 0 Å². The van der Waals surface area contributed by atoms with Crippen LogP contribution in [0.2, 0.25) is 0 Å². The zero-order valence-electron chi connectivity index (χ0n) is 13.2. The van der Waals surface area contributed by atoms with E-state index in [-0.39, 0.29) is 24.1 Å². The summed E-state index contributed by atoms with van der Waals surface area (Å²) >= 11 is 0. The van der Waals surface area contributed by atoms with Crippen molar-refractivity contribution in [2.75, 3.05) is 13.7 Å². The quantitative estimate of drug-likeness (QED) is 0.552. The lowest BCUT2D eigenvalue weighted by atomic mass is 9.89. The number of para-hydroxylation sites is 1. The molecular weight excluding hydrogens is 268 g/mol. The average molecular weight is 294 g/mol. The summed E-state index contributed by atoms with van der Waals surface area (Å²) in [6.07, 6.45) is 4.41. The van der Waals surface area contributed by atoms with E-state index in [1.165, 1.54) is 7.11 Å². The Morgan fingerprint density at radius 2 is 2.05 bits per heavy atom. The van der Waals surface area contributed by atoms with Crippen molar-refractivity contribution < 1.29 is 19.4 Å². The van der Waals surface area contributed by atoms with Gasteiger partial charge in [0.2, 0.25) is 0 Å². The number of hydrogen-bond donors (Lipinski definition) is 1. The van der Waals surface area contributed by atoms with Gasteiger partial charge in [0.1, 0.15) is 0 Å². The summed E-state index contributed by atoms with van der Waals surface area (Å²) in [5, 5.41) is 10.3. The molecule has 0 heterocycles. The highest BCUT2D eigenvalue weighted by Gasteiger charge is 2.21. The average Bonchev–Trinajstić information content (AvgIpc) is 2.47. The fraction of sp³-hybridized carbons (Fsp3) is 0.588. The minimum Gasteiger partial charge on any atom is -0.504 e. The van der Waals surface area contributed by atoms with Crippen molar-refractivity contribution in [1.82, 2.24) is 0 Å². The van der Waals surface area contributed by atoms with Gasteiger partial charge >= 0.3 is 5.97 Å². The fourth-order valence-electron chi connectivity index (χ4n) is 2.46. The molecule has 1 N–H and O–H groups in total. The van der Waals surface area contributed by atoms with E-state index in [1.807, 2.05) is 12.1 Å². The molecule has 0 aromatic heterocycles. The normalized spacial score (nSPS) is 12.0. The van der Waals surface area contributed by atoms with Gasteiger partial charge in [-0.2, -0.15) is 0 Å². The number of hydrogen-bond acceptors (Lipinski definition) is 4. The molecule has 1 aromatic rings. The molecule has 4 nitrogen and oxygen atoms in total. The zero-order valence-corrected chi connectivity index (χ0v) is 13.2. The summed E-state index contributed by atoms with van der Waals surface area (Å²) in [4.78, 5) is 11.8. The predicted molar refractivity (Wildman–Crippen MR) is 82.8 cm³/mol. The SMILES string of the molecule is CCCCCC(CC(=O)OCC)c1cccc(OC)c1O. The van der Waals surface area contributed by atoms with E-state index < -0.39 is 0 Å². The Balaban J connectivity index is 2.91. The van der Waals surface area contributed by atoms with Crippen molar-refractivity contribution in [2.45, 2.75) is 51.9 Å². The highest BCUT2D eigenvalue weighted by Crippen LogP contribution is 2.38. The molecule has 0 saturated carbocycles. The summed E-state index contributed by atoms with van der Waals surface area (Å²) in [5.41, 5.74) is 0.763. The van der Waals surface area contributed by atoms with Gasteiger partial charge in [-0.1, -0.05) is 38.3 Å². The summed E-state index contributed by atoms with van der Waals surface area (Å²) in [7, 11) is 1.52. The van der Waals surface area contributed by atoms with Crippen LogP contribution >= 0.6 is 0 Å². The monoisotopic (exact) mass is 294 g/mol. The third kappa shape index (κ3) is 5.29. The van der Waals surface area contributed by atoms with Crippen LogP contribution in [0.3, 0.4) is 0 Å². The first-order valence-electron chi connectivity index (χ1n) is 7.65. The van der Waals surface area contributed by atoms with Crippen molar-refractivity contribution in [2.24, 2.45) is 0 Å². The number of unbranched alkanes of at least 4 members (excludes halogenated alkanes) is 2. The highest BCUT2D eigenvalue weighted by atomic mass is 16.5. The molecule has 0 aliphatic carbocycles. The van der Waals surface area contributed by atoms with E-state index in [9.17, 15) is 9.90 Å². The van der Waals surface area contributed by atoms with E-state index in [0.29, 0.717) is 12.4 Å². The second kappa shape index (κ2) is 9.27. The summed E-state index contributed by atoms with van der Waals surface area (Å²) in [6, 6.07) is 5.41. The maximum absolute atomic E-state index is 11.8. The molecular formula is C17H26O4. The van der Waals surface area contributed by atoms with E-state index >= 15 is 0 Å². The smallest absolute Gasteiger partial charge is 0.306 e. The first-order valence-corrected chi connectivity index (χ1v) is 7.65.